The predicted octanol–water partition coefficient (Wildman–Crippen LogP) is 29.9. The van der Waals surface area contributed by atoms with Gasteiger partial charge in [0.05, 0.1) is 59.2 Å². The second-order valence-corrected chi connectivity index (χ2v) is 32.8. The summed E-state index contributed by atoms with van der Waals surface area (Å²) in [5, 5.41) is 0. The van der Waals surface area contributed by atoms with Gasteiger partial charge in [0, 0.05) is 14.6 Å². The lowest BCUT2D eigenvalue weighted by atomic mass is 9.57. The third-order valence-corrected chi connectivity index (χ3v) is 24.0. The van der Waals surface area contributed by atoms with Crippen LogP contribution in [0.2, 0.25) is 0 Å². The fraction of sp³-hybridized carbons (Fsp3) is 1.00. The van der Waals surface area contributed by atoms with Crippen molar-refractivity contribution in [3.05, 3.63) is 0 Å². The molecule has 8 fully saturated rings. The minimum absolute atomic E-state index is 0.0166. The molecule has 0 aromatic heterocycles. The number of hydrogen-bond donors (Lipinski definition) is 0. The molecule has 37 heteroatoms. The lowest BCUT2D eigenvalue weighted by molar-refractivity contribution is -0.321. The summed E-state index contributed by atoms with van der Waals surface area (Å²) < 4.78 is 483. The average molecular weight is 1680 g/mol. The zero-order valence-electron chi connectivity index (χ0n) is 65.4. The molecule has 8 aliphatic rings. The Hall–Kier alpha value is -2.59. The fourth-order valence-corrected chi connectivity index (χ4v) is 17.3. The number of rotatable bonds is 0. The third-order valence-electron chi connectivity index (χ3n) is 24.0. The second kappa shape index (κ2) is 38.2. The van der Waals surface area contributed by atoms with Gasteiger partial charge in [0.15, 0.2) is 0 Å². The lowest BCUT2D eigenvalue weighted by Crippen LogP contribution is -2.57. The van der Waals surface area contributed by atoms with Crippen molar-refractivity contribution in [1.82, 2.24) is 0 Å². The SMILES string of the molecule is CC1C(C(F)(F)F)C(C(F)(F)F)C(C)[C@@H](C)C1C(F)(F)F.CC1C(F)C(F)[C@@H](C)C1F.CC1CC(C(F)(F)F)C[C@@H](C)C1.CC1CCCC(C(F)(F)F)[C@@H]1C.CC1C[C@H](C)CC(C(F)(F)F)C1C(F)(F)F.C[C@H]1C(F)(F)C(C)(F)C(F)(F)C1(F)F.[2H][C@@]1(C)C(C)CCCC1C(F)(F)F.[2H][C@]1(C)CC(C)CC(C(F)(F)F)C1. The standard InChI is InChI=1S/C12H15F9.C10H14F6.4C9H15F3.C7H7F7.C7H11F3/c1-4-5(2)8(11(16,17)18)9(12(19,20)21)6(3)7(4)10(13,14)15;1-5-3-6(2)8(10(14,15)16)7(4-5)9(11,12)13;2*1-6-3-7(2)5-8(4-6)9(10,11)12;2*1-6-4-3-5-8(7(6)2)9(10,11)12;1-3-5(9,10)4(2,8)7(13,14)6(3,11)12;1-3-5(8)4(2)7(10)6(3)9/h4-9H,1-3H3;5-8H,3-4H2,1-2H3;4*6-8H,3-5H2,1-2H3;3H,1-2H3;3-7H,1-2H3/t4-,5?,6?,7?,8?,9?;5-,6?,7?,8?;2*6-,7?,8?;2*6?,7-,8?;3-,4?;3-,4?,5?,6?,7?/m10001100/s1/i;;6D;;7D;;;. The fourth-order valence-electron chi connectivity index (χ4n) is 17.3. The Morgan fingerprint density at radius 1 is 0.275 bits per heavy atom. The van der Waals surface area contributed by atoms with E-state index in [2.05, 4.69) is 0 Å². The molecule has 0 amide bonds. The van der Waals surface area contributed by atoms with E-state index in [-0.39, 0.29) is 81.0 Å². The van der Waals surface area contributed by atoms with Crippen molar-refractivity contribution in [3.63, 3.8) is 0 Å². The summed E-state index contributed by atoms with van der Waals surface area (Å²) in [4.78, 5) is 0. The number of hydrogen-bond acceptors (Lipinski definition) is 0. The van der Waals surface area contributed by atoms with Gasteiger partial charge in [-0.05, 0) is 148 Å². The first kappa shape index (κ1) is 101. The monoisotopic (exact) mass is 1680 g/mol. The summed E-state index contributed by atoms with van der Waals surface area (Å²) in [6.45, 7) is 22.0. The first-order valence-corrected chi connectivity index (χ1v) is 36.2. The summed E-state index contributed by atoms with van der Waals surface area (Å²) in [6, 6.07) is 0. The Balaban J connectivity index is 0.000000640. The smallest absolute Gasteiger partial charge is 0.247 e. The maximum Gasteiger partial charge on any atom is 0.392 e. The molecule has 8 saturated carbocycles. The van der Waals surface area contributed by atoms with E-state index in [4.69, 9.17) is 2.74 Å². The van der Waals surface area contributed by atoms with Crippen LogP contribution in [0.1, 0.15) is 210 Å². The summed E-state index contributed by atoms with van der Waals surface area (Å²) in [6.07, 6.45) is -40.2. The zero-order valence-corrected chi connectivity index (χ0v) is 63.4. The van der Waals surface area contributed by atoms with Crippen LogP contribution in [0.15, 0.2) is 0 Å². The van der Waals surface area contributed by atoms with Crippen LogP contribution in [-0.4, -0.2) is 97.5 Å². The molecule has 0 spiro atoms. The molecule has 109 heavy (non-hydrogen) atoms. The molecule has 0 nitrogen and oxygen atoms in total. The molecule has 0 bridgehead atoms. The van der Waals surface area contributed by atoms with Gasteiger partial charge in [-0.25, -0.2) is 26.3 Å². The number of alkyl halides is 37. The predicted molar refractivity (Wildman–Crippen MR) is 336 cm³/mol. The molecule has 8 rings (SSSR count). The highest BCUT2D eigenvalue weighted by atomic mass is 19.4. The van der Waals surface area contributed by atoms with Crippen LogP contribution in [0.3, 0.4) is 0 Å². The molecule has 0 saturated heterocycles. The van der Waals surface area contributed by atoms with E-state index >= 15 is 0 Å². The highest BCUT2D eigenvalue weighted by molar-refractivity contribution is 5.19. The van der Waals surface area contributed by atoms with Crippen LogP contribution < -0.4 is 0 Å². The maximum atomic E-state index is 13.0. The van der Waals surface area contributed by atoms with Gasteiger partial charge in [-0.15, -0.1) is 0 Å². The zero-order chi connectivity index (χ0) is 88.4. The minimum atomic E-state index is -5.36. The van der Waals surface area contributed by atoms with Crippen LogP contribution in [0, 0.1) is 148 Å². The molecule has 8 aliphatic carbocycles. The van der Waals surface area contributed by atoms with Gasteiger partial charge >= 0.3 is 67.4 Å². The van der Waals surface area contributed by atoms with Gasteiger partial charge in [0.1, 0.15) is 18.5 Å². The number of halogens is 37. The third kappa shape index (κ3) is 27.5. The van der Waals surface area contributed by atoms with Crippen LogP contribution in [0.25, 0.3) is 0 Å². The first-order valence-electron chi connectivity index (χ1n) is 37.2. The maximum absolute atomic E-state index is 13.0. The van der Waals surface area contributed by atoms with Gasteiger partial charge in [-0.2, -0.15) is 136 Å². The van der Waals surface area contributed by atoms with Gasteiger partial charge in [-0.3, -0.25) is 0 Å². The summed E-state index contributed by atoms with van der Waals surface area (Å²) in [7, 11) is 0. The van der Waals surface area contributed by atoms with Crippen molar-refractivity contribution in [2.24, 2.45) is 148 Å². The van der Waals surface area contributed by atoms with Gasteiger partial charge in [-0.1, -0.05) is 136 Å². The summed E-state index contributed by atoms with van der Waals surface area (Å²) in [5.74, 6) is -45.9. The molecule has 0 aromatic rings. The molecule has 0 aromatic carbocycles. The average Bonchev–Trinajstić information content (AvgIpc) is 1.54. The first-order chi connectivity index (χ1) is 48.9. The van der Waals surface area contributed by atoms with Crippen molar-refractivity contribution >= 4 is 0 Å². The van der Waals surface area contributed by atoms with E-state index in [1.807, 2.05) is 20.8 Å². The summed E-state index contributed by atoms with van der Waals surface area (Å²) in [5.41, 5.74) is -4.52. The Morgan fingerprint density at radius 3 is 0.890 bits per heavy atom. The molecular formula is C72H107F37. The van der Waals surface area contributed by atoms with Crippen LogP contribution >= 0.6 is 0 Å². The van der Waals surface area contributed by atoms with Crippen LogP contribution in [0.5, 0.6) is 0 Å². The van der Waals surface area contributed by atoms with Gasteiger partial charge in [0.25, 0.3) is 5.92 Å². The molecule has 0 heterocycles. The van der Waals surface area contributed by atoms with Crippen LogP contribution in [0.4, 0.5) is 162 Å². The second-order valence-electron chi connectivity index (χ2n) is 32.8. The van der Waals surface area contributed by atoms with E-state index in [1.165, 1.54) is 27.7 Å². The van der Waals surface area contributed by atoms with E-state index < -0.39 is 210 Å². The lowest BCUT2D eigenvalue weighted by Gasteiger charge is -2.50. The van der Waals surface area contributed by atoms with Crippen molar-refractivity contribution < 1.29 is 165 Å². The van der Waals surface area contributed by atoms with Crippen molar-refractivity contribution in [1.29, 1.82) is 0 Å². The highest BCUT2D eigenvalue weighted by Gasteiger charge is 2.88. The quantitative estimate of drug-likeness (QED) is 0.212. The van der Waals surface area contributed by atoms with Crippen molar-refractivity contribution in [3.8, 4) is 0 Å². The molecule has 0 N–H and O–H groups in total. The molecular weight excluding hydrogens is 1570 g/mol. The van der Waals surface area contributed by atoms with Gasteiger partial charge in [0.2, 0.25) is 5.67 Å². The highest BCUT2D eigenvalue weighted by Crippen LogP contribution is 2.66. The molecule has 0 radical (unpaired) electrons. The van der Waals surface area contributed by atoms with E-state index in [0.717, 1.165) is 39.5 Å². The van der Waals surface area contributed by atoms with E-state index in [1.54, 1.807) is 34.6 Å². The molecule has 29 atom stereocenters. The summed E-state index contributed by atoms with van der Waals surface area (Å²) >= 11 is 0. The molecule has 654 valence electrons. The van der Waals surface area contributed by atoms with E-state index in [9.17, 15) is 162 Å². The molecule has 21 unspecified atom stereocenters. The Morgan fingerprint density at radius 2 is 0.606 bits per heavy atom. The Bertz CT molecular complexity index is 2660. The Kier molecular flexibility index (Phi) is 35.3. The minimum Gasteiger partial charge on any atom is -0.247 e. The van der Waals surface area contributed by atoms with Crippen molar-refractivity contribution in [2.75, 3.05) is 0 Å². The Labute approximate surface area is 617 Å². The van der Waals surface area contributed by atoms with Crippen LogP contribution in [-0.2, 0) is 0 Å². The normalized spacial score (nSPS) is 42.3. The topological polar surface area (TPSA) is 0 Å². The molecule has 0 aliphatic heterocycles. The largest absolute Gasteiger partial charge is 0.392 e. The van der Waals surface area contributed by atoms with Crippen molar-refractivity contribution in [2.45, 2.75) is 305 Å². The van der Waals surface area contributed by atoms with E-state index in [0.29, 0.717) is 39.0 Å². The van der Waals surface area contributed by atoms with Gasteiger partial charge < -0.3 is 0 Å².